The Labute approximate surface area is 124 Å². The molecule has 0 aliphatic carbocycles. The van der Waals surface area contributed by atoms with Crippen molar-refractivity contribution >= 4 is 29.1 Å². The van der Waals surface area contributed by atoms with Crippen molar-refractivity contribution in [2.24, 2.45) is 5.92 Å². The number of hydrogen-bond donors (Lipinski definition) is 1. The fourth-order valence-corrected chi connectivity index (χ4v) is 3.02. The van der Waals surface area contributed by atoms with Gasteiger partial charge in [-0.2, -0.15) is 0 Å². The molecule has 0 aliphatic rings. The molecular formula is C16H18ClNS. The summed E-state index contributed by atoms with van der Waals surface area (Å²) in [5.74, 6) is 0.685. The molecule has 0 fully saturated rings. The predicted octanol–water partition coefficient (Wildman–Crippen LogP) is 5.27. The van der Waals surface area contributed by atoms with Crippen LogP contribution in [0.15, 0.2) is 52.3 Å². The molecule has 0 saturated heterocycles. The lowest BCUT2D eigenvalue weighted by molar-refractivity contribution is 0.647. The number of anilines is 1. The van der Waals surface area contributed by atoms with Gasteiger partial charge in [0.1, 0.15) is 0 Å². The molecule has 0 atom stereocenters. The van der Waals surface area contributed by atoms with Crippen molar-refractivity contribution in [1.29, 1.82) is 0 Å². The van der Waals surface area contributed by atoms with Gasteiger partial charge in [-0.25, -0.2) is 0 Å². The minimum atomic E-state index is 0.685. The second-order valence-electron chi connectivity index (χ2n) is 5.03. The van der Waals surface area contributed by atoms with Crippen LogP contribution in [0.3, 0.4) is 0 Å². The van der Waals surface area contributed by atoms with E-state index in [1.54, 1.807) is 17.8 Å². The van der Waals surface area contributed by atoms with Gasteiger partial charge in [0, 0.05) is 15.5 Å². The Hall–Kier alpha value is -1.12. The molecule has 0 spiro atoms. The summed E-state index contributed by atoms with van der Waals surface area (Å²) in [5.41, 5.74) is 7.77. The summed E-state index contributed by atoms with van der Waals surface area (Å²) in [4.78, 5) is 2.23. The lowest BCUT2D eigenvalue weighted by Crippen LogP contribution is -1.93. The number of hydrogen-bond acceptors (Lipinski definition) is 2. The van der Waals surface area contributed by atoms with Gasteiger partial charge >= 0.3 is 0 Å². The Bertz CT molecular complexity index is 549. The van der Waals surface area contributed by atoms with Crippen molar-refractivity contribution in [3.63, 3.8) is 0 Å². The third-order valence-electron chi connectivity index (χ3n) is 2.75. The van der Waals surface area contributed by atoms with Crippen LogP contribution in [0.1, 0.15) is 19.4 Å². The first-order valence-electron chi connectivity index (χ1n) is 6.36. The van der Waals surface area contributed by atoms with Crippen molar-refractivity contribution in [3.8, 4) is 0 Å². The molecule has 0 amide bonds. The van der Waals surface area contributed by atoms with Crippen molar-refractivity contribution in [2.75, 3.05) is 5.73 Å². The van der Waals surface area contributed by atoms with E-state index in [0.717, 1.165) is 11.3 Å². The van der Waals surface area contributed by atoms with Gasteiger partial charge in [0.25, 0.3) is 0 Å². The number of nitrogens with two attached hydrogens (primary N) is 1. The Morgan fingerprint density at radius 3 is 2.37 bits per heavy atom. The Kier molecular flexibility index (Phi) is 4.78. The zero-order valence-electron chi connectivity index (χ0n) is 11.2. The van der Waals surface area contributed by atoms with E-state index in [9.17, 15) is 0 Å². The van der Waals surface area contributed by atoms with Crippen LogP contribution < -0.4 is 5.73 Å². The van der Waals surface area contributed by atoms with E-state index in [4.69, 9.17) is 17.3 Å². The summed E-state index contributed by atoms with van der Waals surface area (Å²) in [6.07, 6.45) is 1.12. The van der Waals surface area contributed by atoms with Crippen molar-refractivity contribution in [2.45, 2.75) is 30.1 Å². The zero-order chi connectivity index (χ0) is 13.8. The second kappa shape index (κ2) is 6.36. The average Bonchev–Trinajstić information content (AvgIpc) is 2.34. The number of nitrogen functional groups attached to an aromatic ring is 1. The van der Waals surface area contributed by atoms with Gasteiger partial charge in [-0.1, -0.05) is 49.3 Å². The fraction of sp³-hybridized carbons (Fsp3) is 0.250. The minimum absolute atomic E-state index is 0.685. The van der Waals surface area contributed by atoms with Gasteiger partial charge in [-0.05, 0) is 48.2 Å². The monoisotopic (exact) mass is 291 g/mol. The van der Waals surface area contributed by atoms with E-state index in [0.29, 0.717) is 16.6 Å². The van der Waals surface area contributed by atoms with Crippen LogP contribution in [0, 0.1) is 5.92 Å². The first-order chi connectivity index (χ1) is 9.04. The highest BCUT2D eigenvalue weighted by Gasteiger charge is 2.04. The molecule has 0 heterocycles. The third-order valence-corrected chi connectivity index (χ3v) is 4.26. The van der Waals surface area contributed by atoms with Crippen LogP contribution in [0.25, 0.3) is 0 Å². The highest BCUT2D eigenvalue weighted by Crippen LogP contribution is 2.34. The topological polar surface area (TPSA) is 26.0 Å². The number of halogens is 1. The maximum absolute atomic E-state index is 6.18. The fourth-order valence-electron chi connectivity index (χ4n) is 1.89. The summed E-state index contributed by atoms with van der Waals surface area (Å²) < 4.78 is 0. The number of benzene rings is 2. The van der Waals surface area contributed by atoms with Gasteiger partial charge < -0.3 is 5.73 Å². The standard InChI is InChI=1S/C16H18ClNS/c1-11(2)9-12-3-6-14(7-4-12)19-16-8-5-13(18)10-15(16)17/h3-8,10-11H,9,18H2,1-2H3. The van der Waals surface area contributed by atoms with Crippen LogP contribution in [0.5, 0.6) is 0 Å². The molecule has 0 aromatic heterocycles. The SMILES string of the molecule is CC(C)Cc1ccc(Sc2ccc(N)cc2Cl)cc1. The van der Waals surface area contributed by atoms with E-state index < -0.39 is 0 Å². The second-order valence-corrected chi connectivity index (χ2v) is 6.56. The molecule has 0 radical (unpaired) electrons. The van der Waals surface area contributed by atoms with Crippen molar-refractivity contribution in [3.05, 3.63) is 53.1 Å². The molecule has 2 aromatic rings. The van der Waals surface area contributed by atoms with E-state index >= 15 is 0 Å². The summed E-state index contributed by atoms with van der Waals surface area (Å²) >= 11 is 7.84. The van der Waals surface area contributed by atoms with Gasteiger partial charge in [0.05, 0.1) is 5.02 Å². The van der Waals surface area contributed by atoms with E-state index in [1.807, 2.05) is 12.1 Å². The molecule has 0 bridgehead atoms. The maximum atomic E-state index is 6.18. The number of rotatable bonds is 4. The Morgan fingerprint density at radius 1 is 1.11 bits per heavy atom. The summed E-state index contributed by atoms with van der Waals surface area (Å²) in [5, 5.41) is 0.705. The Morgan fingerprint density at radius 2 is 1.79 bits per heavy atom. The molecule has 2 rings (SSSR count). The molecule has 1 nitrogen and oxygen atoms in total. The quantitative estimate of drug-likeness (QED) is 0.776. The van der Waals surface area contributed by atoms with Crippen LogP contribution in [-0.4, -0.2) is 0 Å². The highest BCUT2D eigenvalue weighted by molar-refractivity contribution is 7.99. The van der Waals surface area contributed by atoms with Crippen LogP contribution >= 0.6 is 23.4 Å². The molecule has 2 aromatic carbocycles. The van der Waals surface area contributed by atoms with Gasteiger partial charge in [-0.3, -0.25) is 0 Å². The summed E-state index contributed by atoms with van der Waals surface area (Å²) in [6, 6.07) is 14.3. The lowest BCUT2D eigenvalue weighted by Gasteiger charge is -2.07. The lowest BCUT2D eigenvalue weighted by atomic mass is 10.0. The smallest absolute Gasteiger partial charge is 0.0565 e. The predicted molar refractivity (Wildman–Crippen MR) is 85.0 cm³/mol. The average molecular weight is 292 g/mol. The first kappa shape index (κ1) is 14.3. The van der Waals surface area contributed by atoms with Crippen LogP contribution in [-0.2, 0) is 6.42 Å². The summed E-state index contributed by atoms with van der Waals surface area (Å²) in [7, 11) is 0. The third kappa shape index (κ3) is 4.19. The van der Waals surface area contributed by atoms with Gasteiger partial charge in [0.2, 0.25) is 0 Å². The van der Waals surface area contributed by atoms with Gasteiger partial charge in [0.15, 0.2) is 0 Å². The van der Waals surface area contributed by atoms with E-state index in [1.165, 1.54) is 10.5 Å². The minimum Gasteiger partial charge on any atom is -0.399 e. The zero-order valence-corrected chi connectivity index (χ0v) is 12.8. The largest absolute Gasteiger partial charge is 0.399 e. The van der Waals surface area contributed by atoms with E-state index in [2.05, 4.69) is 38.1 Å². The molecule has 0 aliphatic heterocycles. The normalized spacial score (nSPS) is 10.9. The van der Waals surface area contributed by atoms with E-state index in [-0.39, 0.29) is 0 Å². The van der Waals surface area contributed by atoms with Gasteiger partial charge in [-0.15, -0.1) is 0 Å². The summed E-state index contributed by atoms with van der Waals surface area (Å²) in [6.45, 7) is 4.47. The molecule has 0 unspecified atom stereocenters. The molecule has 3 heteroatoms. The molecule has 0 saturated carbocycles. The van der Waals surface area contributed by atoms with Crippen LogP contribution in [0.2, 0.25) is 5.02 Å². The molecule has 19 heavy (non-hydrogen) atoms. The maximum Gasteiger partial charge on any atom is 0.0565 e. The first-order valence-corrected chi connectivity index (χ1v) is 7.56. The highest BCUT2D eigenvalue weighted by atomic mass is 35.5. The molecule has 2 N–H and O–H groups in total. The molecule has 100 valence electrons. The van der Waals surface area contributed by atoms with Crippen molar-refractivity contribution in [1.82, 2.24) is 0 Å². The Balaban J connectivity index is 2.10. The van der Waals surface area contributed by atoms with Crippen molar-refractivity contribution < 1.29 is 0 Å². The molecular weight excluding hydrogens is 274 g/mol. The van der Waals surface area contributed by atoms with Crippen LogP contribution in [0.4, 0.5) is 5.69 Å².